The molecular formula is C9H13MgO3S+2. The minimum absolute atomic E-state index is 0.0666. The van der Waals surface area contributed by atoms with E-state index in [4.69, 9.17) is 4.55 Å². The Balaban J connectivity index is 0.000000500. The van der Waals surface area contributed by atoms with Crippen molar-refractivity contribution < 1.29 is 13.0 Å². The highest BCUT2D eigenvalue weighted by Crippen LogP contribution is 2.08. The first-order chi connectivity index (χ1) is 6.41. The largest absolute Gasteiger partial charge is 1.41 e. The molecule has 0 spiro atoms. The smallest absolute Gasteiger partial charge is 0.282 e. The monoisotopic (exact) mass is 225 g/mol. The van der Waals surface area contributed by atoms with Crippen molar-refractivity contribution in [3.05, 3.63) is 29.8 Å². The third-order valence-electron chi connectivity index (χ3n) is 1.32. The van der Waals surface area contributed by atoms with Gasteiger partial charge in [0.1, 0.15) is 0 Å². The zero-order valence-electron chi connectivity index (χ0n) is 8.40. The summed E-state index contributed by atoms with van der Waals surface area (Å²) in [5.41, 5.74) is 0.956. The van der Waals surface area contributed by atoms with Gasteiger partial charge >= 0.3 is 21.7 Å². The summed E-state index contributed by atoms with van der Waals surface area (Å²) < 4.78 is 30.8. The van der Waals surface area contributed by atoms with Gasteiger partial charge in [-0.2, -0.15) is 8.42 Å². The quantitative estimate of drug-likeness (QED) is 0.586. The Bertz CT molecular complexity index is 356. The van der Waals surface area contributed by atoms with E-state index in [0.29, 0.717) is 0 Å². The molecule has 0 fully saturated rings. The zero-order chi connectivity index (χ0) is 11.2. The number of rotatable bonds is 1. The van der Waals surface area contributed by atoms with Gasteiger partial charge in [-0.15, -0.1) is 0 Å². The SMILES string of the molecule is C[CH2][Mg+2].Cc1ccc(S(=O)(=O)O)cc1. The molecule has 14 heavy (non-hydrogen) atoms. The van der Waals surface area contributed by atoms with Gasteiger partial charge in [0.2, 0.25) is 0 Å². The maximum absolute atomic E-state index is 10.5. The molecule has 0 aliphatic rings. The van der Waals surface area contributed by atoms with Crippen LogP contribution < -0.4 is 0 Å². The Hall–Kier alpha value is -0.104. The van der Waals surface area contributed by atoms with Crippen LogP contribution in [0.25, 0.3) is 0 Å². The van der Waals surface area contributed by atoms with Gasteiger partial charge in [-0.3, -0.25) is 4.55 Å². The topological polar surface area (TPSA) is 54.4 Å². The molecule has 1 aromatic rings. The standard InChI is InChI=1S/C7H8O3S.C2H5.Mg/c1-6-2-4-7(5-3-6)11(8,9)10;1-2;/h2-5H,1H3,(H,8,9,10);1H2,2H3;/q;;+2. The van der Waals surface area contributed by atoms with Gasteiger partial charge < -0.3 is 0 Å². The van der Waals surface area contributed by atoms with E-state index in [1.54, 1.807) is 12.1 Å². The van der Waals surface area contributed by atoms with Crippen LogP contribution in [0.2, 0.25) is 4.55 Å². The fraction of sp³-hybridized carbons (Fsp3) is 0.333. The third-order valence-corrected chi connectivity index (χ3v) is 2.19. The van der Waals surface area contributed by atoms with Crippen LogP contribution in [-0.4, -0.2) is 34.7 Å². The van der Waals surface area contributed by atoms with Crippen molar-refractivity contribution in [3.8, 4) is 0 Å². The van der Waals surface area contributed by atoms with Gasteiger partial charge in [0.05, 0.1) is 4.90 Å². The summed E-state index contributed by atoms with van der Waals surface area (Å²) >= 11 is 1.97. The van der Waals surface area contributed by atoms with Gasteiger partial charge in [0.15, 0.2) is 0 Å². The predicted octanol–water partition coefficient (Wildman–Crippen LogP) is 1.83. The highest BCUT2D eigenvalue weighted by molar-refractivity contribution is 7.85. The summed E-state index contributed by atoms with van der Waals surface area (Å²) in [5, 5.41) is 0. The molecule has 0 atom stereocenters. The van der Waals surface area contributed by atoms with E-state index in [9.17, 15) is 8.42 Å². The molecule has 1 aromatic carbocycles. The van der Waals surface area contributed by atoms with Crippen molar-refractivity contribution in [2.24, 2.45) is 0 Å². The highest BCUT2D eigenvalue weighted by Gasteiger charge is 2.13. The first-order valence-corrected chi connectivity index (χ1v) is 6.69. The molecule has 0 unspecified atom stereocenters. The van der Waals surface area contributed by atoms with Crippen molar-refractivity contribution in [2.75, 3.05) is 0 Å². The Labute approximate surface area is 97.7 Å². The van der Waals surface area contributed by atoms with E-state index in [1.807, 2.05) is 28.6 Å². The maximum Gasteiger partial charge on any atom is 1.41 e. The van der Waals surface area contributed by atoms with E-state index in [-0.39, 0.29) is 4.90 Å². The van der Waals surface area contributed by atoms with E-state index in [0.717, 1.165) is 5.56 Å². The van der Waals surface area contributed by atoms with Gasteiger partial charge in [-0.1, -0.05) is 17.7 Å². The lowest BCUT2D eigenvalue weighted by Gasteiger charge is -1.95. The van der Waals surface area contributed by atoms with Gasteiger partial charge in [-0.25, -0.2) is 0 Å². The van der Waals surface area contributed by atoms with Crippen molar-refractivity contribution in [3.63, 3.8) is 0 Å². The third kappa shape index (κ3) is 5.59. The summed E-state index contributed by atoms with van der Waals surface area (Å²) in [6.07, 6.45) is 0. The lowest BCUT2D eigenvalue weighted by atomic mass is 10.2. The number of aryl methyl sites for hydroxylation is 1. The van der Waals surface area contributed by atoms with Gasteiger partial charge in [0, 0.05) is 6.92 Å². The van der Waals surface area contributed by atoms with Crippen LogP contribution in [0.15, 0.2) is 29.2 Å². The second-order valence-corrected chi connectivity index (χ2v) is 5.21. The first kappa shape index (κ1) is 13.9. The van der Waals surface area contributed by atoms with Crippen LogP contribution in [0.4, 0.5) is 0 Å². The van der Waals surface area contributed by atoms with E-state index in [1.165, 1.54) is 16.7 Å². The minimum atomic E-state index is -4.02. The number of benzene rings is 1. The number of hydrogen-bond acceptors (Lipinski definition) is 2. The fourth-order valence-electron chi connectivity index (χ4n) is 0.710. The normalized spacial score (nSPS) is 10.3. The summed E-state index contributed by atoms with van der Waals surface area (Å²) in [7, 11) is -4.02. The van der Waals surface area contributed by atoms with Gasteiger partial charge in [0.25, 0.3) is 14.7 Å². The molecule has 73 valence electrons. The van der Waals surface area contributed by atoms with Gasteiger partial charge in [-0.05, 0) is 19.1 Å². The van der Waals surface area contributed by atoms with E-state index < -0.39 is 10.1 Å². The lowest BCUT2D eigenvalue weighted by molar-refractivity contribution is 0.483. The number of hydrogen-bond donors (Lipinski definition) is 1. The average molecular weight is 226 g/mol. The molecule has 0 saturated heterocycles. The van der Waals surface area contributed by atoms with Crippen molar-refractivity contribution in [2.45, 2.75) is 23.3 Å². The molecule has 0 bridgehead atoms. The molecule has 0 aliphatic carbocycles. The van der Waals surface area contributed by atoms with Crippen molar-refractivity contribution in [1.29, 1.82) is 0 Å². The Kier molecular flexibility index (Phi) is 6.35. The molecule has 0 amide bonds. The summed E-state index contributed by atoms with van der Waals surface area (Å²) in [6, 6.07) is 5.99. The fourth-order valence-corrected chi connectivity index (χ4v) is 1.19. The molecular weight excluding hydrogens is 212 g/mol. The van der Waals surface area contributed by atoms with E-state index in [2.05, 4.69) is 6.92 Å². The molecule has 1 N–H and O–H groups in total. The zero-order valence-corrected chi connectivity index (χ0v) is 10.6. The van der Waals surface area contributed by atoms with Crippen LogP contribution in [-0.2, 0) is 10.1 Å². The van der Waals surface area contributed by atoms with Crippen LogP contribution in [0.1, 0.15) is 12.5 Å². The lowest BCUT2D eigenvalue weighted by Crippen LogP contribution is -1.96. The second-order valence-electron chi connectivity index (χ2n) is 2.79. The van der Waals surface area contributed by atoms with Crippen LogP contribution in [0.5, 0.6) is 0 Å². The molecule has 0 heterocycles. The molecule has 1 rings (SSSR count). The molecule has 5 heteroatoms. The Morgan fingerprint density at radius 3 is 1.93 bits per heavy atom. The maximum atomic E-state index is 10.5. The Morgan fingerprint density at radius 1 is 1.29 bits per heavy atom. The summed E-state index contributed by atoms with van der Waals surface area (Å²) in [5.74, 6) is 0. The molecule has 7 radical (unpaired) electrons. The average Bonchev–Trinajstić information content (AvgIpc) is 2.04. The van der Waals surface area contributed by atoms with Crippen molar-refractivity contribution >= 4 is 31.8 Å². The van der Waals surface area contributed by atoms with Crippen molar-refractivity contribution in [1.82, 2.24) is 0 Å². The molecule has 0 saturated carbocycles. The minimum Gasteiger partial charge on any atom is -0.282 e. The van der Waals surface area contributed by atoms with Crippen LogP contribution in [0, 0.1) is 6.92 Å². The molecule has 0 aliphatic heterocycles. The second kappa shape index (κ2) is 6.39. The Morgan fingerprint density at radius 2 is 1.64 bits per heavy atom. The highest BCUT2D eigenvalue weighted by atomic mass is 32.2. The molecule has 0 aromatic heterocycles. The summed E-state index contributed by atoms with van der Waals surface area (Å²) in [6.45, 7) is 3.98. The van der Waals surface area contributed by atoms with E-state index >= 15 is 0 Å². The molecule has 3 nitrogen and oxygen atoms in total. The van der Waals surface area contributed by atoms with Crippen LogP contribution in [0.3, 0.4) is 0 Å². The predicted molar refractivity (Wildman–Crippen MR) is 57.2 cm³/mol. The summed E-state index contributed by atoms with van der Waals surface area (Å²) in [4.78, 5) is -0.0666. The first-order valence-electron chi connectivity index (χ1n) is 4.25. The van der Waals surface area contributed by atoms with Crippen LogP contribution >= 0.6 is 0 Å².